The molecule has 0 N–H and O–H groups in total. The molecule has 186 valence electrons. The fraction of sp³-hybridized carbons (Fsp3) is 0.320. The third kappa shape index (κ3) is 5.32. The van der Waals surface area contributed by atoms with Crippen molar-refractivity contribution in [3.8, 4) is 11.1 Å². The van der Waals surface area contributed by atoms with E-state index in [0.29, 0.717) is 11.1 Å². The average molecular weight is 486 g/mol. The SMILES string of the molecule is CCC(=O)OCc1c(C(=O)OC)c(C(=O)OC)c(C(=O)OC)c(C(=O)OC)c1-c1ccccc1C. The van der Waals surface area contributed by atoms with Crippen molar-refractivity contribution in [3.05, 3.63) is 57.6 Å². The summed E-state index contributed by atoms with van der Waals surface area (Å²) in [5, 5.41) is 0. The largest absolute Gasteiger partial charge is 0.465 e. The van der Waals surface area contributed by atoms with E-state index in [9.17, 15) is 24.0 Å². The Bertz CT molecular complexity index is 1180. The van der Waals surface area contributed by atoms with Crippen LogP contribution in [0.5, 0.6) is 0 Å². The average Bonchev–Trinajstić information content (AvgIpc) is 2.88. The maximum absolute atomic E-state index is 13.1. The lowest BCUT2D eigenvalue weighted by Gasteiger charge is -2.23. The first-order valence-electron chi connectivity index (χ1n) is 10.5. The van der Waals surface area contributed by atoms with Gasteiger partial charge in [0.25, 0.3) is 0 Å². The molecule has 2 rings (SSSR count). The van der Waals surface area contributed by atoms with E-state index in [2.05, 4.69) is 0 Å². The topological polar surface area (TPSA) is 132 Å². The van der Waals surface area contributed by atoms with Gasteiger partial charge in [0, 0.05) is 17.5 Å². The molecule has 0 aliphatic carbocycles. The minimum Gasteiger partial charge on any atom is -0.465 e. The van der Waals surface area contributed by atoms with E-state index in [1.165, 1.54) is 0 Å². The molecule has 0 aromatic heterocycles. The molecule has 35 heavy (non-hydrogen) atoms. The van der Waals surface area contributed by atoms with Crippen molar-refractivity contribution in [2.45, 2.75) is 26.9 Å². The molecule has 0 amide bonds. The molecule has 0 saturated heterocycles. The Morgan fingerprint density at radius 2 is 1.14 bits per heavy atom. The van der Waals surface area contributed by atoms with Crippen molar-refractivity contribution in [2.75, 3.05) is 28.4 Å². The molecule has 0 radical (unpaired) electrons. The quantitative estimate of drug-likeness (QED) is 0.404. The van der Waals surface area contributed by atoms with Gasteiger partial charge in [-0.15, -0.1) is 0 Å². The Morgan fingerprint density at radius 3 is 1.63 bits per heavy atom. The van der Waals surface area contributed by atoms with Crippen LogP contribution in [0.15, 0.2) is 24.3 Å². The van der Waals surface area contributed by atoms with Crippen LogP contribution in [-0.4, -0.2) is 58.3 Å². The summed E-state index contributed by atoms with van der Waals surface area (Å²) in [5.74, 6) is -4.83. The number of benzene rings is 2. The van der Waals surface area contributed by atoms with Crippen LogP contribution >= 0.6 is 0 Å². The van der Waals surface area contributed by atoms with E-state index >= 15 is 0 Å². The molecule has 0 aliphatic heterocycles. The summed E-state index contributed by atoms with van der Waals surface area (Å²) in [7, 11) is 4.25. The van der Waals surface area contributed by atoms with Crippen LogP contribution in [0.25, 0.3) is 11.1 Å². The predicted octanol–water partition coefficient (Wildman–Crippen LogP) is 3.26. The molecule has 0 aliphatic rings. The first-order valence-corrected chi connectivity index (χ1v) is 10.5. The fourth-order valence-corrected chi connectivity index (χ4v) is 3.60. The van der Waals surface area contributed by atoms with E-state index in [1.54, 1.807) is 38.1 Å². The summed E-state index contributed by atoms with van der Waals surface area (Å²) in [5.41, 5.74) is -0.810. The Kier molecular flexibility index (Phi) is 9.10. The molecule has 2 aromatic carbocycles. The smallest absolute Gasteiger partial charge is 0.339 e. The highest BCUT2D eigenvalue weighted by atomic mass is 16.5. The molecule has 0 spiro atoms. The molecule has 0 fully saturated rings. The molecule has 0 heterocycles. The highest BCUT2D eigenvalue weighted by Gasteiger charge is 2.38. The van der Waals surface area contributed by atoms with Crippen LogP contribution in [0.3, 0.4) is 0 Å². The van der Waals surface area contributed by atoms with Crippen molar-refractivity contribution in [1.82, 2.24) is 0 Å². The standard InChI is InChI=1S/C25H26O10/c1-7-16(26)35-12-15-17(14-11-9-8-10-13(14)2)19(23(28)32-4)21(25(30)34-6)20(24(29)33-5)18(15)22(27)31-3/h8-11H,7,12H2,1-6H3. The summed E-state index contributed by atoms with van der Waals surface area (Å²) in [6.45, 7) is 2.80. The molecule has 0 bridgehead atoms. The number of carbonyl (C=O) groups excluding carboxylic acids is 5. The van der Waals surface area contributed by atoms with Gasteiger partial charge < -0.3 is 23.7 Å². The molecule has 0 atom stereocenters. The normalized spacial score (nSPS) is 10.2. The molecule has 10 heteroatoms. The van der Waals surface area contributed by atoms with Crippen molar-refractivity contribution < 1.29 is 47.7 Å². The van der Waals surface area contributed by atoms with E-state index in [1.807, 2.05) is 0 Å². The number of hydrogen-bond donors (Lipinski definition) is 0. The highest BCUT2D eigenvalue weighted by Crippen LogP contribution is 2.39. The molecular weight excluding hydrogens is 460 g/mol. The number of aryl methyl sites for hydroxylation is 1. The first-order chi connectivity index (χ1) is 16.7. The fourth-order valence-electron chi connectivity index (χ4n) is 3.60. The second kappa shape index (κ2) is 11.8. The maximum atomic E-state index is 13.1. The second-order valence-corrected chi connectivity index (χ2v) is 7.15. The summed E-state index contributed by atoms with van der Waals surface area (Å²) >= 11 is 0. The zero-order chi connectivity index (χ0) is 26.3. The molecule has 2 aromatic rings. The van der Waals surface area contributed by atoms with E-state index in [-0.39, 0.29) is 23.1 Å². The Balaban J connectivity index is 3.31. The third-order valence-electron chi connectivity index (χ3n) is 5.24. The highest BCUT2D eigenvalue weighted by molar-refractivity contribution is 6.19. The lowest BCUT2D eigenvalue weighted by molar-refractivity contribution is -0.144. The van der Waals surface area contributed by atoms with E-state index < -0.39 is 53.1 Å². The lowest BCUT2D eigenvalue weighted by atomic mass is 9.82. The van der Waals surface area contributed by atoms with Gasteiger partial charge in [-0.25, -0.2) is 19.2 Å². The zero-order valence-electron chi connectivity index (χ0n) is 20.3. The predicted molar refractivity (Wildman–Crippen MR) is 122 cm³/mol. The lowest BCUT2D eigenvalue weighted by Crippen LogP contribution is -2.26. The summed E-state index contributed by atoms with van der Waals surface area (Å²) in [6, 6.07) is 6.80. The summed E-state index contributed by atoms with van der Waals surface area (Å²) in [4.78, 5) is 64.1. The molecular formula is C25H26O10. The Labute approximate surface area is 202 Å². The van der Waals surface area contributed by atoms with Gasteiger partial charge in [0.05, 0.1) is 50.7 Å². The van der Waals surface area contributed by atoms with Gasteiger partial charge in [0.1, 0.15) is 6.61 Å². The summed E-state index contributed by atoms with van der Waals surface area (Å²) in [6.07, 6.45) is 0.0290. The minimum absolute atomic E-state index is 0.0290. The number of carbonyl (C=O) groups is 5. The number of ether oxygens (including phenoxy) is 5. The zero-order valence-corrected chi connectivity index (χ0v) is 20.3. The third-order valence-corrected chi connectivity index (χ3v) is 5.24. The number of rotatable bonds is 8. The number of methoxy groups -OCH3 is 4. The molecule has 0 unspecified atom stereocenters. The van der Waals surface area contributed by atoms with Crippen LogP contribution in [0.4, 0.5) is 0 Å². The van der Waals surface area contributed by atoms with Gasteiger partial charge in [-0.1, -0.05) is 31.2 Å². The van der Waals surface area contributed by atoms with Gasteiger partial charge in [-0.05, 0) is 18.1 Å². The first kappa shape index (κ1) is 27.0. The minimum atomic E-state index is -1.12. The van der Waals surface area contributed by atoms with Gasteiger partial charge in [0.2, 0.25) is 0 Å². The number of hydrogen-bond acceptors (Lipinski definition) is 10. The van der Waals surface area contributed by atoms with Gasteiger partial charge in [0.15, 0.2) is 0 Å². The van der Waals surface area contributed by atoms with Gasteiger partial charge in [-0.2, -0.15) is 0 Å². The van der Waals surface area contributed by atoms with Gasteiger partial charge in [-0.3, -0.25) is 4.79 Å². The van der Waals surface area contributed by atoms with Crippen LogP contribution in [-0.2, 0) is 35.1 Å². The number of esters is 5. The Morgan fingerprint density at radius 1 is 0.686 bits per heavy atom. The van der Waals surface area contributed by atoms with Crippen LogP contribution in [0.1, 0.15) is 65.9 Å². The van der Waals surface area contributed by atoms with E-state index in [0.717, 1.165) is 28.4 Å². The molecule has 0 saturated carbocycles. The van der Waals surface area contributed by atoms with E-state index in [4.69, 9.17) is 23.7 Å². The van der Waals surface area contributed by atoms with Crippen molar-refractivity contribution >= 4 is 29.8 Å². The van der Waals surface area contributed by atoms with Crippen LogP contribution in [0.2, 0.25) is 0 Å². The van der Waals surface area contributed by atoms with Crippen molar-refractivity contribution in [3.63, 3.8) is 0 Å². The van der Waals surface area contributed by atoms with Crippen LogP contribution < -0.4 is 0 Å². The van der Waals surface area contributed by atoms with Gasteiger partial charge >= 0.3 is 29.8 Å². The maximum Gasteiger partial charge on any atom is 0.339 e. The monoisotopic (exact) mass is 486 g/mol. The van der Waals surface area contributed by atoms with Crippen LogP contribution in [0, 0.1) is 6.92 Å². The van der Waals surface area contributed by atoms with Crippen molar-refractivity contribution in [1.29, 1.82) is 0 Å². The van der Waals surface area contributed by atoms with Crippen molar-refractivity contribution in [2.24, 2.45) is 0 Å². The second-order valence-electron chi connectivity index (χ2n) is 7.15. The Hall–Kier alpha value is -4.21. The molecule has 10 nitrogen and oxygen atoms in total. The summed E-state index contributed by atoms with van der Waals surface area (Å²) < 4.78 is 24.9.